The summed E-state index contributed by atoms with van der Waals surface area (Å²) in [5.41, 5.74) is 2.30. The molecule has 0 aliphatic rings. The number of hydrogen-bond donors (Lipinski definition) is 1. The first-order chi connectivity index (χ1) is 6.22. The normalized spacial score (nSPS) is 10.7. The van der Waals surface area contributed by atoms with Gasteiger partial charge < -0.3 is 5.32 Å². The standard InChI is InChI=1S/C9H11N3S/c1-5-4-13-8-7(5)11-6(2)12-9(8)10-3/h4H,1-3H3,(H,10,11,12). The maximum atomic E-state index is 4.40. The molecule has 0 bridgehead atoms. The molecule has 0 saturated heterocycles. The minimum Gasteiger partial charge on any atom is -0.372 e. The van der Waals surface area contributed by atoms with Crippen LogP contribution < -0.4 is 5.32 Å². The van der Waals surface area contributed by atoms with Crippen molar-refractivity contribution in [1.82, 2.24) is 9.97 Å². The third-order valence-electron chi connectivity index (χ3n) is 1.94. The molecule has 0 radical (unpaired) electrons. The zero-order valence-corrected chi connectivity index (χ0v) is 8.70. The van der Waals surface area contributed by atoms with Crippen molar-refractivity contribution >= 4 is 27.4 Å². The zero-order chi connectivity index (χ0) is 9.42. The molecule has 13 heavy (non-hydrogen) atoms. The second-order valence-electron chi connectivity index (χ2n) is 2.97. The molecule has 0 aliphatic carbocycles. The zero-order valence-electron chi connectivity index (χ0n) is 7.88. The highest BCUT2D eigenvalue weighted by atomic mass is 32.1. The fraction of sp³-hybridized carbons (Fsp3) is 0.333. The Morgan fingerprint density at radius 3 is 2.77 bits per heavy atom. The first kappa shape index (κ1) is 8.44. The molecule has 0 saturated carbocycles. The molecule has 0 aromatic carbocycles. The molecule has 0 amide bonds. The Morgan fingerprint density at radius 2 is 2.08 bits per heavy atom. The number of aryl methyl sites for hydroxylation is 2. The van der Waals surface area contributed by atoms with Crippen molar-refractivity contribution in [3.8, 4) is 0 Å². The van der Waals surface area contributed by atoms with E-state index in [2.05, 4.69) is 27.6 Å². The third kappa shape index (κ3) is 1.27. The summed E-state index contributed by atoms with van der Waals surface area (Å²) < 4.78 is 1.14. The Hall–Kier alpha value is -1.16. The van der Waals surface area contributed by atoms with Crippen molar-refractivity contribution < 1.29 is 0 Å². The van der Waals surface area contributed by atoms with Crippen LogP contribution in [0.25, 0.3) is 10.2 Å². The lowest BCUT2D eigenvalue weighted by Crippen LogP contribution is -1.96. The summed E-state index contributed by atoms with van der Waals surface area (Å²) in [6.45, 7) is 3.99. The SMILES string of the molecule is CNc1nc(C)nc2c(C)csc12. The van der Waals surface area contributed by atoms with E-state index in [0.717, 1.165) is 21.9 Å². The Labute approximate surface area is 80.8 Å². The van der Waals surface area contributed by atoms with Gasteiger partial charge in [0, 0.05) is 7.05 Å². The summed E-state index contributed by atoms with van der Waals surface area (Å²) in [5.74, 6) is 1.75. The minimum atomic E-state index is 0.818. The summed E-state index contributed by atoms with van der Waals surface area (Å²) in [6.07, 6.45) is 0. The Bertz CT molecular complexity index is 447. The van der Waals surface area contributed by atoms with Gasteiger partial charge in [0.05, 0.1) is 10.2 Å². The van der Waals surface area contributed by atoms with Crippen LogP contribution in [0.5, 0.6) is 0 Å². The monoisotopic (exact) mass is 193 g/mol. The van der Waals surface area contributed by atoms with Gasteiger partial charge in [-0.15, -0.1) is 11.3 Å². The number of fused-ring (bicyclic) bond motifs is 1. The smallest absolute Gasteiger partial charge is 0.147 e. The number of thiophene rings is 1. The second-order valence-corrected chi connectivity index (χ2v) is 3.85. The second kappa shape index (κ2) is 2.96. The van der Waals surface area contributed by atoms with Gasteiger partial charge in [-0.25, -0.2) is 9.97 Å². The minimum absolute atomic E-state index is 0.818. The lowest BCUT2D eigenvalue weighted by atomic mass is 10.3. The van der Waals surface area contributed by atoms with E-state index < -0.39 is 0 Å². The molecule has 0 aliphatic heterocycles. The van der Waals surface area contributed by atoms with Gasteiger partial charge in [0.25, 0.3) is 0 Å². The van der Waals surface area contributed by atoms with E-state index in [4.69, 9.17) is 0 Å². The average molecular weight is 193 g/mol. The van der Waals surface area contributed by atoms with Crippen molar-refractivity contribution in [2.45, 2.75) is 13.8 Å². The van der Waals surface area contributed by atoms with Crippen molar-refractivity contribution in [1.29, 1.82) is 0 Å². The molecule has 0 unspecified atom stereocenters. The fourth-order valence-electron chi connectivity index (χ4n) is 1.31. The molecule has 2 heterocycles. The van der Waals surface area contributed by atoms with Crippen molar-refractivity contribution in [3.05, 3.63) is 16.8 Å². The molecule has 2 rings (SSSR count). The topological polar surface area (TPSA) is 37.8 Å². The molecular formula is C9H11N3S. The van der Waals surface area contributed by atoms with Crippen molar-refractivity contribution in [3.63, 3.8) is 0 Å². The summed E-state index contributed by atoms with van der Waals surface area (Å²) in [5, 5.41) is 5.19. The van der Waals surface area contributed by atoms with Gasteiger partial charge in [0.2, 0.25) is 0 Å². The van der Waals surface area contributed by atoms with Crippen molar-refractivity contribution in [2.24, 2.45) is 0 Å². The summed E-state index contributed by atoms with van der Waals surface area (Å²) in [6, 6.07) is 0. The van der Waals surface area contributed by atoms with Gasteiger partial charge in [0.15, 0.2) is 0 Å². The van der Waals surface area contributed by atoms with Crippen LogP contribution in [0.15, 0.2) is 5.38 Å². The molecule has 0 atom stereocenters. The molecule has 2 aromatic rings. The number of anilines is 1. The van der Waals surface area contributed by atoms with Crippen LogP contribution in [0.3, 0.4) is 0 Å². The van der Waals surface area contributed by atoms with E-state index in [1.807, 2.05) is 14.0 Å². The summed E-state index contributed by atoms with van der Waals surface area (Å²) in [4.78, 5) is 8.72. The lowest BCUT2D eigenvalue weighted by molar-refractivity contribution is 1.09. The highest BCUT2D eigenvalue weighted by molar-refractivity contribution is 7.18. The number of nitrogens with zero attached hydrogens (tertiary/aromatic N) is 2. The molecular weight excluding hydrogens is 182 g/mol. The van der Waals surface area contributed by atoms with Crippen LogP contribution in [0, 0.1) is 13.8 Å². The maximum absolute atomic E-state index is 4.40. The van der Waals surface area contributed by atoms with Crippen LogP contribution in [-0.4, -0.2) is 17.0 Å². The molecule has 1 N–H and O–H groups in total. The van der Waals surface area contributed by atoms with Crippen LogP contribution in [0.2, 0.25) is 0 Å². The molecule has 3 nitrogen and oxygen atoms in total. The lowest BCUT2D eigenvalue weighted by Gasteiger charge is -2.01. The predicted molar refractivity (Wildman–Crippen MR) is 56.4 cm³/mol. The average Bonchev–Trinajstić information content (AvgIpc) is 2.47. The fourth-order valence-corrected chi connectivity index (χ4v) is 2.30. The van der Waals surface area contributed by atoms with Gasteiger partial charge in [-0.05, 0) is 24.8 Å². The molecule has 4 heteroatoms. The first-order valence-electron chi connectivity index (χ1n) is 4.12. The molecule has 0 fully saturated rings. The van der Waals surface area contributed by atoms with E-state index in [-0.39, 0.29) is 0 Å². The van der Waals surface area contributed by atoms with Gasteiger partial charge in [-0.1, -0.05) is 0 Å². The molecule has 0 spiro atoms. The van der Waals surface area contributed by atoms with Crippen LogP contribution in [-0.2, 0) is 0 Å². The highest BCUT2D eigenvalue weighted by Gasteiger charge is 2.07. The number of nitrogens with one attached hydrogen (secondary N) is 1. The number of rotatable bonds is 1. The van der Waals surface area contributed by atoms with Gasteiger partial charge >= 0.3 is 0 Å². The maximum Gasteiger partial charge on any atom is 0.147 e. The quantitative estimate of drug-likeness (QED) is 0.755. The predicted octanol–water partition coefficient (Wildman–Crippen LogP) is 2.35. The van der Waals surface area contributed by atoms with E-state index in [1.165, 1.54) is 5.56 Å². The number of hydrogen-bond acceptors (Lipinski definition) is 4. The Morgan fingerprint density at radius 1 is 1.31 bits per heavy atom. The van der Waals surface area contributed by atoms with Gasteiger partial charge in [-0.3, -0.25) is 0 Å². The van der Waals surface area contributed by atoms with Crippen LogP contribution in [0.1, 0.15) is 11.4 Å². The third-order valence-corrected chi connectivity index (χ3v) is 3.04. The van der Waals surface area contributed by atoms with E-state index in [9.17, 15) is 0 Å². The van der Waals surface area contributed by atoms with E-state index in [0.29, 0.717) is 0 Å². The van der Waals surface area contributed by atoms with E-state index in [1.54, 1.807) is 11.3 Å². The highest BCUT2D eigenvalue weighted by Crippen LogP contribution is 2.28. The van der Waals surface area contributed by atoms with Gasteiger partial charge in [-0.2, -0.15) is 0 Å². The van der Waals surface area contributed by atoms with Crippen LogP contribution >= 0.6 is 11.3 Å². The summed E-state index contributed by atoms with van der Waals surface area (Å²) in [7, 11) is 1.89. The van der Waals surface area contributed by atoms with Crippen molar-refractivity contribution in [2.75, 3.05) is 12.4 Å². The van der Waals surface area contributed by atoms with Gasteiger partial charge in [0.1, 0.15) is 11.6 Å². The number of aromatic nitrogens is 2. The molecule has 2 aromatic heterocycles. The first-order valence-corrected chi connectivity index (χ1v) is 5.00. The Balaban J connectivity index is 2.84. The Kier molecular flexibility index (Phi) is 1.92. The molecule has 68 valence electrons. The summed E-state index contributed by atoms with van der Waals surface area (Å²) >= 11 is 1.69. The van der Waals surface area contributed by atoms with E-state index >= 15 is 0 Å². The largest absolute Gasteiger partial charge is 0.372 e. The van der Waals surface area contributed by atoms with Crippen LogP contribution in [0.4, 0.5) is 5.82 Å².